The Kier molecular flexibility index (Phi) is 4.24. The van der Waals surface area contributed by atoms with Gasteiger partial charge >= 0.3 is 0 Å². The molecule has 0 bridgehead atoms. The van der Waals surface area contributed by atoms with Crippen LogP contribution in [0.15, 0.2) is 48.8 Å². The van der Waals surface area contributed by atoms with Gasteiger partial charge in [-0.05, 0) is 40.3 Å². The highest BCUT2D eigenvalue weighted by molar-refractivity contribution is 5.38. The first-order chi connectivity index (χ1) is 11.1. The van der Waals surface area contributed by atoms with E-state index >= 15 is 0 Å². The van der Waals surface area contributed by atoms with Crippen LogP contribution in [-0.2, 0) is 0 Å². The summed E-state index contributed by atoms with van der Waals surface area (Å²) in [5, 5.41) is 20.8. The maximum Gasteiger partial charge on any atom is 0.159 e. The molecule has 0 aliphatic carbocycles. The zero-order valence-electron chi connectivity index (χ0n) is 11.8. The average Bonchev–Trinajstić information content (AvgIpc) is 3.10. The molecular formula is C15H12F2N4O2. The van der Waals surface area contributed by atoms with Gasteiger partial charge in [0.25, 0.3) is 0 Å². The Labute approximate surface area is 129 Å². The van der Waals surface area contributed by atoms with Crippen LogP contribution in [0, 0.1) is 11.6 Å². The van der Waals surface area contributed by atoms with E-state index in [0.717, 1.165) is 12.1 Å². The van der Waals surface area contributed by atoms with Crippen molar-refractivity contribution in [2.45, 2.75) is 6.10 Å². The van der Waals surface area contributed by atoms with Crippen molar-refractivity contribution in [1.29, 1.82) is 0 Å². The number of rotatable bonds is 5. The first kappa shape index (κ1) is 15.0. The Hall–Kier alpha value is -2.87. The predicted molar refractivity (Wildman–Crippen MR) is 76.0 cm³/mol. The van der Waals surface area contributed by atoms with E-state index in [0.29, 0.717) is 11.4 Å². The van der Waals surface area contributed by atoms with Gasteiger partial charge in [0.1, 0.15) is 24.8 Å². The minimum Gasteiger partial charge on any atom is -0.490 e. The Bertz CT molecular complexity index is 796. The molecule has 1 unspecified atom stereocenters. The van der Waals surface area contributed by atoms with Gasteiger partial charge in [-0.2, -0.15) is 0 Å². The van der Waals surface area contributed by atoms with E-state index in [-0.39, 0.29) is 12.2 Å². The number of tetrazole rings is 1. The molecule has 0 aliphatic heterocycles. The van der Waals surface area contributed by atoms with Crippen LogP contribution in [0.2, 0.25) is 0 Å². The molecule has 0 saturated heterocycles. The minimum atomic E-state index is -1.08. The fraction of sp³-hybridized carbons (Fsp3) is 0.133. The van der Waals surface area contributed by atoms with Crippen LogP contribution in [0.25, 0.3) is 5.69 Å². The third-order valence-electron chi connectivity index (χ3n) is 3.17. The summed E-state index contributed by atoms with van der Waals surface area (Å²) in [6, 6.07) is 10.1. The third-order valence-corrected chi connectivity index (χ3v) is 3.17. The molecule has 0 amide bonds. The second-order valence-corrected chi connectivity index (χ2v) is 4.75. The highest BCUT2D eigenvalue weighted by atomic mass is 19.2. The van der Waals surface area contributed by atoms with Gasteiger partial charge < -0.3 is 9.84 Å². The molecule has 0 fully saturated rings. The Balaban J connectivity index is 1.68. The van der Waals surface area contributed by atoms with Gasteiger partial charge in [0.15, 0.2) is 11.6 Å². The van der Waals surface area contributed by atoms with Crippen molar-refractivity contribution in [3.05, 3.63) is 66.0 Å². The summed E-state index contributed by atoms with van der Waals surface area (Å²) < 4.78 is 33.0. The van der Waals surface area contributed by atoms with Crippen LogP contribution in [0.4, 0.5) is 8.78 Å². The molecule has 1 heterocycles. The molecular weight excluding hydrogens is 306 g/mol. The first-order valence-electron chi connectivity index (χ1n) is 6.73. The highest BCUT2D eigenvalue weighted by Gasteiger charge is 2.12. The maximum absolute atomic E-state index is 13.2. The van der Waals surface area contributed by atoms with Gasteiger partial charge in [0, 0.05) is 6.07 Å². The number of nitrogens with zero attached hydrogens (tertiary/aromatic N) is 4. The lowest BCUT2D eigenvalue weighted by molar-refractivity contribution is 0.108. The first-order valence-corrected chi connectivity index (χ1v) is 6.73. The van der Waals surface area contributed by atoms with E-state index in [1.54, 1.807) is 24.3 Å². The quantitative estimate of drug-likeness (QED) is 0.779. The smallest absolute Gasteiger partial charge is 0.159 e. The number of aliphatic hydroxyl groups is 1. The number of aliphatic hydroxyl groups excluding tert-OH is 1. The summed E-state index contributed by atoms with van der Waals surface area (Å²) in [5.41, 5.74) is 0.926. The number of ether oxygens (including phenoxy) is 1. The van der Waals surface area contributed by atoms with Crippen molar-refractivity contribution in [3.63, 3.8) is 0 Å². The normalized spacial score (nSPS) is 12.1. The van der Waals surface area contributed by atoms with Gasteiger partial charge in [-0.15, -0.1) is 5.10 Å². The minimum absolute atomic E-state index is 0.107. The SMILES string of the molecule is OC(COc1cccc(-n2cnnn2)c1)c1ccc(F)c(F)c1. The zero-order chi connectivity index (χ0) is 16.2. The summed E-state index contributed by atoms with van der Waals surface area (Å²) in [7, 11) is 0. The van der Waals surface area contributed by atoms with Crippen molar-refractivity contribution in [2.24, 2.45) is 0 Å². The number of hydrogen-bond donors (Lipinski definition) is 1. The molecule has 6 nitrogen and oxygen atoms in total. The summed E-state index contributed by atoms with van der Waals surface area (Å²) in [6.45, 7) is -0.107. The van der Waals surface area contributed by atoms with Crippen LogP contribution in [0.3, 0.4) is 0 Å². The molecule has 3 aromatic rings. The van der Waals surface area contributed by atoms with Crippen molar-refractivity contribution in [2.75, 3.05) is 6.61 Å². The Morgan fingerprint density at radius 2 is 2.00 bits per heavy atom. The molecule has 0 radical (unpaired) electrons. The highest BCUT2D eigenvalue weighted by Crippen LogP contribution is 2.20. The van der Waals surface area contributed by atoms with Crippen LogP contribution < -0.4 is 4.74 Å². The van der Waals surface area contributed by atoms with Gasteiger partial charge in [-0.25, -0.2) is 13.5 Å². The lowest BCUT2D eigenvalue weighted by Crippen LogP contribution is -2.10. The molecule has 0 spiro atoms. The van der Waals surface area contributed by atoms with Crippen LogP contribution in [0.5, 0.6) is 5.75 Å². The number of benzene rings is 2. The number of aromatic nitrogens is 4. The van der Waals surface area contributed by atoms with Crippen LogP contribution >= 0.6 is 0 Å². The summed E-state index contributed by atoms with van der Waals surface area (Å²) in [6.07, 6.45) is 0.358. The third kappa shape index (κ3) is 3.49. The summed E-state index contributed by atoms with van der Waals surface area (Å²) >= 11 is 0. The molecule has 3 rings (SSSR count). The molecule has 1 aromatic heterocycles. The van der Waals surface area contributed by atoms with Gasteiger partial charge in [0.05, 0.1) is 5.69 Å². The van der Waals surface area contributed by atoms with Crippen molar-refractivity contribution >= 4 is 0 Å². The van der Waals surface area contributed by atoms with E-state index in [1.807, 2.05) is 0 Å². The van der Waals surface area contributed by atoms with E-state index < -0.39 is 17.7 Å². The second kappa shape index (κ2) is 6.49. The van der Waals surface area contributed by atoms with Crippen LogP contribution in [0.1, 0.15) is 11.7 Å². The van der Waals surface area contributed by atoms with Gasteiger partial charge in [-0.1, -0.05) is 12.1 Å². The number of hydrogen-bond acceptors (Lipinski definition) is 5. The largest absolute Gasteiger partial charge is 0.490 e. The van der Waals surface area contributed by atoms with Crippen molar-refractivity contribution in [3.8, 4) is 11.4 Å². The van der Waals surface area contributed by atoms with Crippen molar-refractivity contribution < 1.29 is 18.6 Å². The topological polar surface area (TPSA) is 73.1 Å². The lowest BCUT2D eigenvalue weighted by Gasteiger charge is -2.13. The van der Waals surface area contributed by atoms with Crippen molar-refractivity contribution in [1.82, 2.24) is 20.2 Å². The monoisotopic (exact) mass is 318 g/mol. The zero-order valence-corrected chi connectivity index (χ0v) is 11.8. The summed E-state index contributed by atoms with van der Waals surface area (Å²) in [5.74, 6) is -1.49. The van der Waals surface area contributed by atoms with Crippen LogP contribution in [-0.4, -0.2) is 31.9 Å². The fourth-order valence-corrected chi connectivity index (χ4v) is 1.99. The Morgan fingerprint density at radius 3 is 2.74 bits per heavy atom. The average molecular weight is 318 g/mol. The lowest BCUT2D eigenvalue weighted by atomic mass is 10.1. The molecule has 1 N–H and O–H groups in total. The molecule has 8 heteroatoms. The van der Waals surface area contributed by atoms with Gasteiger partial charge in [-0.3, -0.25) is 0 Å². The van der Waals surface area contributed by atoms with E-state index in [4.69, 9.17) is 4.74 Å². The standard InChI is InChI=1S/C15H12F2N4O2/c16-13-5-4-10(6-14(13)17)15(22)8-23-12-3-1-2-11(7-12)21-9-18-19-20-21/h1-7,9,15,22H,8H2. The molecule has 0 aliphatic rings. The van der Waals surface area contributed by atoms with Gasteiger partial charge in [0.2, 0.25) is 0 Å². The molecule has 0 saturated carbocycles. The Morgan fingerprint density at radius 1 is 1.13 bits per heavy atom. The predicted octanol–water partition coefficient (Wildman–Crippen LogP) is 2.05. The number of halogens is 2. The molecule has 23 heavy (non-hydrogen) atoms. The summed E-state index contributed by atoms with van der Waals surface area (Å²) in [4.78, 5) is 0. The molecule has 1 atom stereocenters. The molecule has 118 valence electrons. The van der Waals surface area contributed by atoms with E-state index in [9.17, 15) is 13.9 Å². The fourth-order valence-electron chi connectivity index (χ4n) is 1.99. The second-order valence-electron chi connectivity index (χ2n) is 4.75. The molecule has 2 aromatic carbocycles. The maximum atomic E-state index is 13.2. The van der Waals surface area contributed by atoms with E-state index in [1.165, 1.54) is 17.1 Å². The van der Waals surface area contributed by atoms with E-state index in [2.05, 4.69) is 15.5 Å².